The third-order valence-corrected chi connectivity index (χ3v) is 7.26. The Morgan fingerprint density at radius 3 is 2.63 bits per heavy atom. The van der Waals surface area contributed by atoms with Crippen molar-refractivity contribution in [3.05, 3.63) is 59.9 Å². The lowest BCUT2D eigenvalue weighted by molar-refractivity contribution is -0.0290. The van der Waals surface area contributed by atoms with Gasteiger partial charge in [-0.25, -0.2) is 9.78 Å². The smallest absolute Gasteiger partial charge is 0.432 e. The molecule has 43 heavy (non-hydrogen) atoms. The Morgan fingerprint density at radius 2 is 1.95 bits per heavy atom. The molecule has 1 aliphatic rings. The highest BCUT2D eigenvalue weighted by Crippen LogP contribution is 2.31. The van der Waals surface area contributed by atoms with E-state index < -0.39 is 12.4 Å². The zero-order valence-corrected chi connectivity index (χ0v) is 25.1. The number of aromatic nitrogens is 7. The number of pyridine rings is 1. The Hall–Kier alpha value is -4.65. The van der Waals surface area contributed by atoms with Crippen LogP contribution in [0.1, 0.15) is 62.2 Å². The molecule has 0 aliphatic carbocycles. The van der Waals surface area contributed by atoms with E-state index in [1.807, 2.05) is 55.1 Å². The molecule has 1 N–H and O–H groups in total. The highest BCUT2D eigenvalue weighted by atomic mass is 16.7. The molecule has 4 aromatic rings. The molecule has 1 saturated heterocycles. The predicted molar refractivity (Wildman–Crippen MR) is 159 cm³/mol. The summed E-state index contributed by atoms with van der Waals surface area (Å²) in [6, 6.07) is 11.3. The van der Waals surface area contributed by atoms with Crippen LogP contribution in [-0.4, -0.2) is 72.3 Å². The average molecular weight is 588 g/mol. The molecule has 13 nitrogen and oxygen atoms in total. The molecule has 4 heterocycles. The van der Waals surface area contributed by atoms with Gasteiger partial charge >= 0.3 is 6.16 Å². The van der Waals surface area contributed by atoms with E-state index in [1.165, 1.54) is 4.80 Å². The maximum absolute atomic E-state index is 13.9. The van der Waals surface area contributed by atoms with Crippen LogP contribution in [0.2, 0.25) is 0 Å². The normalized spacial score (nSPS) is 15.7. The van der Waals surface area contributed by atoms with Crippen LogP contribution < -0.4 is 10.2 Å². The van der Waals surface area contributed by atoms with Crippen molar-refractivity contribution in [1.82, 2.24) is 40.3 Å². The van der Waals surface area contributed by atoms with Crippen molar-refractivity contribution in [2.75, 3.05) is 18.0 Å². The van der Waals surface area contributed by atoms with Crippen molar-refractivity contribution in [2.45, 2.75) is 65.3 Å². The van der Waals surface area contributed by atoms with Crippen LogP contribution in [0.3, 0.4) is 0 Å². The number of hydrogen-bond acceptors (Lipinski definition) is 10. The van der Waals surface area contributed by atoms with Gasteiger partial charge in [-0.15, -0.1) is 15.0 Å². The second-order valence-electron chi connectivity index (χ2n) is 10.8. The number of piperidine rings is 1. The SMILES string of the molecule is CCC(OC(=O)OC(C)C)n1nnc(-c2c(-c3ccc(C(=O)N(c4ncccc4C)C4CCCNC4)cc3)cnn2C)n1. The molecule has 0 bridgehead atoms. The quantitative estimate of drug-likeness (QED) is 0.281. The van der Waals surface area contributed by atoms with Gasteiger partial charge in [0.2, 0.25) is 12.1 Å². The minimum Gasteiger partial charge on any atom is -0.432 e. The molecule has 226 valence electrons. The topological polar surface area (TPSA) is 142 Å². The summed E-state index contributed by atoms with van der Waals surface area (Å²) >= 11 is 0. The van der Waals surface area contributed by atoms with Gasteiger partial charge in [0.1, 0.15) is 11.5 Å². The summed E-state index contributed by atoms with van der Waals surface area (Å²) in [6.45, 7) is 8.97. The maximum Gasteiger partial charge on any atom is 0.510 e. The third-order valence-electron chi connectivity index (χ3n) is 7.26. The fourth-order valence-electron chi connectivity index (χ4n) is 5.13. The van der Waals surface area contributed by atoms with Gasteiger partial charge < -0.3 is 14.8 Å². The van der Waals surface area contributed by atoms with Gasteiger partial charge in [0.25, 0.3) is 5.91 Å². The third kappa shape index (κ3) is 6.56. The molecule has 2 unspecified atom stereocenters. The number of ether oxygens (including phenoxy) is 2. The van der Waals surface area contributed by atoms with Crippen LogP contribution in [0, 0.1) is 6.92 Å². The Morgan fingerprint density at radius 1 is 1.16 bits per heavy atom. The number of aryl methyl sites for hydroxylation is 2. The summed E-state index contributed by atoms with van der Waals surface area (Å²) in [5.74, 6) is 0.900. The Kier molecular flexibility index (Phi) is 9.10. The number of carbonyl (C=O) groups is 2. The van der Waals surface area contributed by atoms with E-state index in [9.17, 15) is 9.59 Å². The lowest BCUT2D eigenvalue weighted by Crippen LogP contribution is -2.49. The summed E-state index contributed by atoms with van der Waals surface area (Å²) in [7, 11) is 1.79. The lowest BCUT2D eigenvalue weighted by atomic mass is 10.0. The number of rotatable bonds is 9. The molecule has 5 rings (SSSR count). The van der Waals surface area contributed by atoms with Crippen molar-refractivity contribution in [3.8, 4) is 22.6 Å². The van der Waals surface area contributed by atoms with E-state index in [0.29, 0.717) is 29.3 Å². The second kappa shape index (κ2) is 13.1. The zero-order chi connectivity index (χ0) is 30.5. The number of nitrogens with one attached hydrogen (secondary N) is 1. The van der Waals surface area contributed by atoms with Crippen LogP contribution in [-0.2, 0) is 16.5 Å². The highest BCUT2D eigenvalue weighted by molar-refractivity contribution is 6.06. The standard InChI is InChI=1S/C30H37N9O4/c1-6-25(43-30(41)42-19(2)3)39-35-27(34-36-39)26-24(18-33-37(26)5)21-11-13-22(14-12-21)29(40)38(23-10-8-15-31-17-23)28-20(4)9-7-16-32-28/h7,9,11-14,16,18-19,23,25,31H,6,8,10,15,17H2,1-5H3. The van der Waals surface area contributed by atoms with Gasteiger partial charge in [-0.1, -0.05) is 25.1 Å². The van der Waals surface area contributed by atoms with Gasteiger partial charge in [-0.05, 0) is 74.7 Å². The van der Waals surface area contributed by atoms with Crippen molar-refractivity contribution in [2.24, 2.45) is 7.05 Å². The van der Waals surface area contributed by atoms with Gasteiger partial charge in [0.15, 0.2) is 0 Å². The summed E-state index contributed by atoms with van der Waals surface area (Å²) in [5.41, 5.74) is 3.74. The maximum atomic E-state index is 13.9. The van der Waals surface area contributed by atoms with Gasteiger partial charge in [-0.3, -0.25) is 14.4 Å². The van der Waals surface area contributed by atoms with Gasteiger partial charge in [0, 0.05) is 37.3 Å². The van der Waals surface area contributed by atoms with Crippen molar-refractivity contribution in [3.63, 3.8) is 0 Å². The summed E-state index contributed by atoms with van der Waals surface area (Å²) in [6.07, 6.45) is 3.88. The fourth-order valence-corrected chi connectivity index (χ4v) is 5.13. The van der Waals surface area contributed by atoms with E-state index in [1.54, 1.807) is 38.0 Å². The Bertz CT molecular complexity index is 1560. The molecular formula is C30H37N9O4. The van der Waals surface area contributed by atoms with Crippen LogP contribution in [0.5, 0.6) is 0 Å². The van der Waals surface area contributed by atoms with Gasteiger partial charge in [0.05, 0.1) is 18.3 Å². The molecule has 2 atom stereocenters. The van der Waals surface area contributed by atoms with Crippen molar-refractivity contribution in [1.29, 1.82) is 0 Å². The molecule has 1 amide bonds. The van der Waals surface area contributed by atoms with E-state index >= 15 is 0 Å². The molecule has 0 spiro atoms. The number of tetrazole rings is 1. The molecule has 1 aromatic carbocycles. The number of amides is 1. The van der Waals surface area contributed by atoms with Crippen molar-refractivity contribution < 1.29 is 19.1 Å². The molecule has 1 aliphatic heterocycles. The molecule has 1 fully saturated rings. The van der Waals surface area contributed by atoms with Crippen molar-refractivity contribution >= 4 is 17.9 Å². The van der Waals surface area contributed by atoms with E-state index in [-0.39, 0.29) is 18.1 Å². The van der Waals surface area contributed by atoms with Crippen LogP contribution in [0.15, 0.2) is 48.8 Å². The molecule has 13 heteroatoms. The van der Waals surface area contributed by atoms with Crippen LogP contribution in [0.4, 0.5) is 10.6 Å². The predicted octanol–water partition coefficient (Wildman–Crippen LogP) is 4.31. The Balaban J connectivity index is 1.40. The summed E-state index contributed by atoms with van der Waals surface area (Å²) in [4.78, 5) is 33.6. The van der Waals surface area contributed by atoms with E-state index in [4.69, 9.17) is 9.47 Å². The Labute approximate surface area is 250 Å². The monoisotopic (exact) mass is 587 g/mol. The second-order valence-corrected chi connectivity index (χ2v) is 10.8. The minimum atomic E-state index is -0.798. The first-order valence-corrected chi connectivity index (χ1v) is 14.5. The first kappa shape index (κ1) is 29.8. The van der Waals surface area contributed by atoms with E-state index in [2.05, 4.69) is 30.8 Å². The van der Waals surface area contributed by atoms with Crippen LogP contribution >= 0.6 is 0 Å². The van der Waals surface area contributed by atoms with E-state index in [0.717, 1.165) is 42.6 Å². The summed E-state index contributed by atoms with van der Waals surface area (Å²) in [5, 5.41) is 20.7. The van der Waals surface area contributed by atoms with Crippen LogP contribution in [0.25, 0.3) is 22.6 Å². The lowest BCUT2D eigenvalue weighted by Gasteiger charge is -2.34. The fraction of sp³-hybridized carbons (Fsp3) is 0.433. The molecule has 0 saturated carbocycles. The number of nitrogens with zero attached hydrogens (tertiary/aromatic N) is 8. The first-order chi connectivity index (χ1) is 20.8. The molecule has 3 aromatic heterocycles. The summed E-state index contributed by atoms with van der Waals surface area (Å²) < 4.78 is 12.1. The average Bonchev–Trinajstić information content (AvgIpc) is 3.64. The van der Waals surface area contributed by atoms with Gasteiger partial charge in [-0.2, -0.15) is 5.10 Å². The number of carbonyl (C=O) groups excluding carboxylic acids is 2. The molecular weight excluding hydrogens is 550 g/mol. The molecule has 0 radical (unpaired) electrons. The number of anilines is 1. The number of hydrogen-bond donors (Lipinski definition) is 1. The minimum absolute atomic E-state index is 0.0105. The largest absolute Gasteiger partial charge is 0.510 e. The highest BCUT2D eigenvalue weighted by Gasteiger charge is 2.30. The zero-order valence-electron chi connectivity index (χ0n) is 25.1. The first-order valence-electron chi connectivity index (χ1n) is 14.5. The number of benzene rings is 1.